The maximum Gasteiger partial charge on any atom is 0.412 e. The molecule has 2 aromatic rings. The summed E-state index contributed by atoms with van der Waals surface area (Å²) in [6.45, 7) is 10.9. The van der Waals surface area contributed by atoms with E-state index in [-0.39, 0.29) is 5.78 Å². The van der Waals surface area contributed by atoms with E-state index >= 15 is 0 Å². The molecule has 34 heavy (non-hydrogen) atoms. The SMILES string of the molecule is CC(C)(C)OC(=O)Nc1ccc(CCC(=O)CCc2ccc(NC(=O)OC(C)(C)C)cc2)cc1. The van der Waals surface area contributed by atoms with Crippen molar-refractivity contribution >= 4 is 29.3 Å². The third-order valence-electron chi connectivity index (χ3n) is 4.58. The lowest BCUT2D eigenvalue weighted by Gasteiger charge is -2.19. The van der Waals surface area contributed by atoms with Gasteiger partial charge in [0.1, 0.15) is 17.0 Å². The van der Waals surface area contributed by atoms with E-state index < -0.39 is 23.4 Å². The van der Waals surface area contributed by atoms with Crippen LogP contribution in [0.5, 0.6) is 0 Å². The van der Waals surface area contributed by atoms with Crippen molar-refractivity contribution in [3.05, 3.63) is 59.7 Å². The van der Waals surface area contributed by atoms with Crippen LogP contribution in [0.4, 0.5) is 21.0 Å². The fourth-order valence-electron chi connectivity index (χ4n) is 3.04. The first kappa shape index (κ1) is 26.9. The van der Waals surface area contributed by atoms with Crippen molar-refractivity contribution in [1.29, 1.82) is 0 Å². The van der Waals surface area contributed by atoms with Gasteiger partial charge in [-0.05, 0) is 89.8 Å². The second-order valence-electron chi connectivity index (χ2n) is 10.2. The van der Waals surface area contributed by atoms with Crippen LogP contribution >= 0.6 is 0 Å². The van der Waals surface area contributed by atoms with Crippen LogP contribution in [0, 0.1) is 0 Å². The lowest BCUT2D eigenvalue weighted by molar-refractivity contribution is -0.119. The minimum absolute atomic E-state index is 0.187. The average molecular weight is 469 g/mol. The van der Waals surface area contributed by atoms with Crippen LogP contribution in [-0.2, 0) is 27.1 Å². The molecule has 0 bridgehead atoms. The van der Waals surface area contributed by atoms with Crippen molar-refractivity contribution in [1.82, 2.24) is 0 Å². The fourth-order valence-corrected chi connectivity index (χ4v) is 3.04. The van der Waals surface area contributed by atoms with Crippen molar-refractivity contribution in [2.75, 3.05) is 10.6 Å². The molecule has 0 atom stereocenters. The molecule has 2 aromatic carbocycles. The Bertz CT molecular complexity index is 889. The lowest BCUT2D eigenvalue weighted by atomic mass is 10.0. The number of carbonyl (C=O) groups excluding carboxylic acids is 3. The summed E-state index contributed by atoms with van der Waals surface area (Å²) in [6.07, 6.45) is 1.20. The molecule has 2 rings (SSSR count). The van der Waals surface area contributed by atoms with Gasteiger partial charge in [0.15, 0.2) is 0 Å². The molecule has 7 heteroatoms. The Morgan fingerprint density at radius 2 is 0.941 bits per heavy atom. The van der Waals surface area contributed by atoms with Crippen molar-refractivity contribution in [2.45, 2.75) is 78.4 Å². The molecular weight excluding hydrogens is 432 g/mol. The van der Waals surface area contributed by atoms with Crippen molar-refractivity contribution in [3.63, 3.8) is 0 Å². The summed E-state index contributed by atoms with van der Waals surface area (Å²) < 4.78 is 10.5. The Hall–Kier alpha value is -3.35. The van der Waals surface area contributed by atoms with Crippen LogP contribution in [0.25, 0.3) is 0 Å². The molecule has 0 saturated heterocycles. The Kier molecular flexibility index (Phi) is 9.24. The van der Waals surface area contributed by atoms with E-state index in [4.69, 9.17) is 9.47 Å². The van der Waals surface area contributed by atoms with E-state index in [1.165, 1.54) is 0 Å². The highest BCUT2D eigenvalue weighted by Gasteiger charge is 2.17. The van der Waals surface area contributed by atoms with Gasteiger partial charge in [0.05, 0.1) is 0 Å². The molecule has 0 aliphatic heterocycles. The maximum absolute atomic E-state index is 12.3. The number of carbonyl (C=O) groups is 3. The number of hydrogen-bond donors (Lipinski definition) is 2. The first-order valence-corrected chi connectivity index (χ1v) is 11.5. The minimum Gasteiger partial charge on any atom is -0.444 e. The van der Waals surface area contributed by atoms with Crippen molar-refractivity contribution < 1.29 is 23.9 Å². The molecule has 0 aromatic heterocycles. The first-order valence-electron chi connectivity index (χ1n) is 11.5. The number of nitrogens with one attached hydrogen (secondary N) is 2. The standard InChI is InChI=1S/C27H36N2O5/c1-26(2,3)33-24(31)28-21-13-7-19(8-14-21)11-17-23(30)18-12-20-9-15-22(16-10-20)29-25(32)34-27(4,5)6/h7-10,13-16H,11-12,17-18H2,1-6H3,(H,28,31)(H,29,32). The van der Waals surface area contributed by atoms with Gasteiger partial charge >= 0.3 is 12.2 Å². The molecule has 0 saturated carbocycles. The largest absolute Gasteiger partial charge is 0.444 e. The van der Waals surface area contributed by atoms with Gasteiger partial charge in [-0.1, -0.05) is 24.3 Å². The fraction of sp³-hybridized carbons (Fsp3) is 0.444. The smallest absolute Gasteiger partial charge is 0.412 e. The number of amides is 2. The highest BCUT2D eigenvalue weighted by molar-refractivity contribution is 5.85. The third kappa shape index (κ3) is 11.0. The quantitative estimate of drug-likeness (QED) is 0.460. The zero-order valence-corrected chi connectivity index (χ0v) is 21.0. The van der Waals surface area contributed by atoms with E-state index in [0.717, 1.165) is 11.1 Å². The number of anilines is 2. The molecule has 0 aliphatic carbocycles. The van der Waals surface area contributed by atoms with Crippen LogP contribution in [0.15, 0.2) is 48.5 Å². The van der Waals surface area contributed by atoms with Gasteiger partial charge in [-0.25, -0.2) is 9.59 Å². The zero-order valence-electron chi connectivity index (χ0n) is 21.0. The highest BCUT2D eigenvalue weighted by Crippen LogP contribution is 2.16. The lowest BCUT2D eigenvalue weighted by Crippen LogP contribution is -2.27. The molecule has 0 fully saturated rings. The Morgan fingerprint density at radius 1 is 0.618 bits per heavy atom. The maximum atomic E-state index is 12.3. The first-order chi connectivity index (χ1) is 15.8. The van der Waals surface area contributed by atoms with Crippen LogP contribution in [0.1, 0.15) is 65.5 Å². The summed E-state index contributed by atoms with van der Waals surface area (Å²) in [5, 5.41) is 5.39. The second kappa shape index (κ2) is 11.7. The number of rotatable bonds is 8. The van der Waals surface area contributed by atoms with Gasteiger partial charge in [0.2, 0.25) is 0 Å². The highest BCUT2D eigenvalue weighted by atomic mass is 16.6. The number of aryl methyl sites for hydroxylation is 2. The van der Waals surface area contributed by atoms with Crippen LogP contribution < -0.4 is 10.6 Å². The number of ether oxygens (including phenoxy) is 2. The Morgan fingerprint density at radius 3 is 1.24 bits per heavy atom. The summed E-state index contributed by atoms with van der Waals surface area (Å²) in [4.78, 5) is 36.0. The topological polar surface area (TPSA) is 93.7 Å². The van der Waals surface area contributed by atoms with E-state index in [9.17, 15) is 14.4 Å². The molecule has 184 valence electrons. The van der Waals surface area contributed by atoms with Crippen LogP contribution in [-0.4, -0.2) is 29.2 Å². The number of benzene rings is 2. The normalized spacial score (nSPS) is 11.5. The second-order valence-corrected chi connectivity index (χ2v) is 10.2. The van der Waals surface area contributed by atoms with Gasteiger partial charge < -0.3 is 9.47 Å². The van der Waals surface area contributed by atoms with Gasteiger partial charge in [0.25, 0.3) is 0 Å². The molecule has 2 N–H and O–H groups in total. The number of ketones is 1. The Labute approximate surface area is 202 Å². The molecule has 0 radical (unpaired) electrons. The van der Waals surface area contributed by atoms with E-state index in [0.29, 0.717) is 37.1 Å². The van der Waals surface area contributed by atoms with Crippen LogP contribution in [0.2, 0.25) is 0 Å². The molecule has 0 aliphatic rings. The summed E-state index contributed by atoms with van der Waals surface area (Å²) in [5.74, 6) is 0.187. The van der Waals surface area contributed by atoms with Gasteiger partial charge in [-0.3, -0.25) is 15.4 Å². The average Bonchev–Trinajstić information content (AvgIpc) is 2.70. The summed E-state index contributed by atoms with van der Waals surface area (Å²) in [6, 6.07) is 14.8. The zero-order chi connectivity index (χ0) is 25.4. The molecule has 0 spiro atoms. The summed E-state index contributed by atoms with van der Waals surface area (Å²) >= 11 is 0. The minimum atomic E-state index is -0.552. The number of Topliss-reactive ketones (excluding diaryl/α,β-unsaturated/α-hetero) is 1. The third-order valence-corrected chi connectivity index (χ3v) is 4.58. The van der Waals surface area contributed by atoms with E-state index in [2.05, 4.69) is 10.6 Å². The van der Waals surface area contributed by atoms with Crippen molar-refractivity contribution in [2.24, 2.45) is 0 Å². The van der Waals surface area contributed by atoms with E-state index in [1.54, 1.807) is 24.3 Å². The van der Waals surface area contributed by atoms with E-state index in [1.807, 2.05) is 65.8 Å². The van der Waals surface area contributed by atoms with Gasteiger partial charge in [-0.2, -0.15) is 0 Å². The van der Waals surface area contributed by atoms with Gasteiger partial charge in [0, 0.05) is 24.2 Å². The number of hydrogen-bond acceptors (Lipinski definition) is 5. The molecular formula is C27H36N2O5. The van der Waals surface area contributed by atoms with Gasteiger partial charge in [-0.15, -0.1) is 0 Å². The molecule has 2 amide bonds. The van der Waals surface area contributed by atoms with Crippen LogP contribution in [0.3, 0.4) is 0 Å². The summed E-state index contributed by atoms with van der Waals surface area (Å²) in [7, 11) is 0. The monoisotopic (exact) mass is 468 g/mol. The summed E-state index contributed by atoms with van der Waals surface area (Å²) in [5.41, 5.74) is 2.25. The Balaban J connectivity index is 1.73. The predicted octanol–water partition coefficient (Wildman–Crippen LogP) is 6.52. The van der Waals surface area contributed by atoms with Crippen molar-refractivity contribution in [3.8, 4) is 0 Å². The molecule has 0 unspecified atom stereocenters. The molecule has 0 heterocycles. The molecule has 7 nitrogen and oxygen atoms in total. The predicted molar refractivity (Wildman–Crippen MR) is 134 cm³/mol.